The molecule has 0 amide bonds. The highest BCUT2D eigenvalue weighted by molar-refractivity contribution is 5.35. The average molecular weight is 263 g/mol. The van der Waals surface area contributed by atoms with Crippen molar-refractivity contribution in [3.63, 3.8) is 0 Å². The molecule has 5 nitrogen and oxygen atoms in total. The largest absolute Gasteiger partial charge is 0.382 e. The molecule has 0 saturated heterocycles. The standard InChI is InChI=1S/C14H25N5/c1-19(12-6-3-2-4-7-12)9-5-8-16-14-11-17-13(15)10-18-14/h10-12H,2-9H2,1H3,(H2,15,17)(H,16,18). The van der Waals surface area contributed by atoms with Gasteiger partial charge in [0.15, 0.2) is 0 Å². The van der Waals surface area contributed by atoms with E-state index in [1.807, 2.05) is 0 Å². The number of nitrogens with one attached hydrogen (secondary N) is 1. The van der Waals surface area contributed by atoms with Crippen LogP contribution in [0.4, 0.5) is 11.6 Å². The van der Waals surface area contributed by atoms with E-state index in [9.17, 15) is 0 Å². The van der Waals surface area contributed by atoms with E-state index >= 15 is 0 Å². The Morgan fingerprint density at radius 1 is 1.26 bits per heavy atom. The van der Waals surface area contributed by atoms with Crippen LogP contribution in [-0.4, -0.2) is 41.0 Å². The number of hydrogen-bond donors (Lipinski definition) is 2. The minimum atomic E-state index is 0.461. The second-order valence-corrected chi connectivity index (χ2v) is 5.38. The van der Waals surface area contributed by atoms with E-state index in [0.717, 1.165) is 31.4 Å². The van der Waals surface area contributed by atoms with Crippen molar-refractivity contribution in [3.8, 4) is 0 Å². The third kappa shape index (κ3) is 4.67. The number of anilines is 2. The lowest BCUT2D eigenvalue weighted by molar-refractivity contribution is 0.191. The Morgan fingerprint density at radius 3 is 2.74 bits per heavy atom. The van der Waals surface area contributed by atoms with Gasteiger partial charge in [-0.05, 0) is 32.9 Å². The molecule has 0 bridgehead atoms. The predicted octanol–water partition coefficient (Wildman–Crippen LogP) is 2.13. The normalized spacial score (nSPS) is 16.7. The van der Waals surface area contributed by atoms with Gasteiger partial charge in [-0.1, -0.05) is 19.3 Å². The summed E-state index contributed by atoms with van der Waals surface area (Å²) in [5.41, 5.74) is 5.50. The fourth-order valence-corrected chi connectivity index (χ4v) is 2.68. The van der Waals surface area contributed by atoms with Gasteiger partial charge in [-0.25, -0.2) is 9.97 Å². The SMILES string of the molecule is CN(CCCNc1cnc(N)cn1)C1CCCCC1. The maximum absolute atomic E-state index is 5.50. The van der Waals surface area contributed by atoms with Crippen LogP contribution in [0.5, 0.6) is 0 Å². The number of aromatic nitrogens is 2. The number of nitrogen functional groups attached to an aromatic ring is 1. The highest BCUT2D eigenvalue weighted by Gasteiger charge is 2.17. The summed E-state index contributed by atoms with van der Waals surface area (Å²) in [6, 6.07) is 0.796. The van der Waals surface area contributed by atoms with Crippen molar-refractivity contribution < 1.29 is 0 Å². The Hall–Kier alpha value is -1.36. The summed E-state index contributed by atoms with van der Waals surface area (Å²) in [4.78, 5) is 10.7. The van der Waals surface area contributed by atoms with Crippen molar-refractivity contribution in [2.45, 2.75) is 44.6 Å². The zero-order chi connectivity index (χ0) is 13.5. The van der Waals surface area contributed by atoms with Crippen molar-refractivity contribution in [2.75, 3.05) is 31.2 Å². The maximum Gasteiger partial charge on any atom is 0.144 e. The van der Waals surface area contributed by atoms with Crippen LogP contribution in [0.2, 0.25) is 0 Å². The highest BCUT2D eigenvalue weighted by Crippen LogP contribution is 2.21. The van der Waals surface area contributed by atoms with E-state index in [0.29, 0.717) is 5.82 Å². The van der Waals surface area contributed by atoms with Crippen LogP contribution in [0.3, 0.4) is 0 Å². The van der Waals surface area contributed by atoms with Crippen molar-refractivity contribution in [1.82, 2.24) is 14.9 Å². The second kappa shape index (κ2) is 7.28. The predicted molar refractivity (Wildman–Crippen MR) is 79.1 cm³/mol. The van der Waals surface area contributed by atoms with Crippen LogP contribution in [0.15, 0.2) is 12.4 Å². The number of rotatable bonds is 6. The van der Waals surface area contributed by atoms with Crippen LogP contribution < -0.4 is 11.1 Å². The molecule has 1 saturated carbocycles. The Kier molecular flexibility index (Phi) is 5.39. The molecule has 1 aliphatic carbocycles. The first-order chi connectivity index (χ1) is 9.25. The fraction of sp³-hybridized carbons (Fsp3) is 0.714. The van der Waals surface area contributed by atoms with E-state index in [1.165, 1.54) is 32.1 Å². The van der Waals surface area contributed by atoms with E-state index in [4.69, 9.17) is 5.73 Å². The van der Waals surface area contributed by atoms with Crippen LogP contribution in [0.1, 0.15) is 38.5 Å². The van der Waals surface area contributed by atoms with E-state index in [-0.39, 0.29) is 0 Å². The molecule has 0 aliphatic heterocycles. The Bertz CT molecular complexity index is 359. The second-order valence-electron chi connectivity index (χ2n) is 5.38. The van der Waals surface area contributed by atoms with Gasteiger partial charge in [0.05, 0.1) is 12.4 Å². The topological polar surface area (TPSA) is 67.1 Å². The van der Waals surface area contributed by atoms with Gasteiger partial charge in [0.1, 0.15) is 11.6 Å². The maximum atomic E-state index is 5.50. The molecular formula is C14H25N5. The zero-order valence-electron chi connectivity index (χ0n) is 11.8. The smallest absolute Gasteiger partial charge is 0.144 e. The molecule has 1 aliphatic rings. The lowest BCUT2D eigenvalue weighted by Gasteiger charge is -2.31. The Balaban J connectivity index is 1.62. The molecule has 2 rings (SSSR count). The van der Waals surface area contributed by atoms with Crippen LogP contribution >= 0.6 is 0 Å². The molecule has 0 radical (unpaired) electrons. The summed E-state index contributed by atoms with van der Waals surface area (Å²) in [6.07, 6.45) is 11.3. The van der Waals surface area contributed by atoms with Gasteiger partial charge in [-0.15, -0.1) is 0 Å². The van der Waals surface area contributed by atoms with Crippen molar-refractivity contribution in [2.24, 2.45) is 0 Å². The summed E-state index contributed by atoms with van der Waals surface area (Å²) in [5, 5.41) is 3.27. The summed E-state index contributed by atoms with van der Waals surface area (Å²) in [7, 11) is 2.25. The van der Waals surface area contributed by atoms with E-state index < -0.39 is 0 Å². The number of nitrogens with two attached hydrogens (primary N) is 1. The first kappa shape index (κ1) is 14.1. The molecule has 106 valence electrons. The van der Waals surface area contributed by atoms with Gasteiger partial charge in [-0.2, -0.15) is 0 Å². The third-order valence-electron chi connectivity index (χ3n) is 3.86. The number of nitrogens with zero attached hydrogens (tertiary/aromatic N) is 3. The zero-order valence-corrected chi connectivity index (χ0v) is 11.8. The fourth-order valence-electron chi connectivity index (χ4n) is 2.68. The monoisotopic (exact) mass is 263 g/mol. The molecule has 0 spiro atoms. The molecule has 1 aromatic heterocycles. The van der Waals surface area contributed by atoms with Gasteiger partial charge in [0.2, 0.25) is 0 Å². The Labute approximate surface area is 115 Å². The first-order valence-electron chi connectivity index (χ1n) is 7.27. The summed E-state index contributed by atoms with van der Waals surface area (Å²) in [6.45, 7) is 2.07. The third-order valence-corrected chi connectivity index (χ3v) is 3.86. The number of hydrogen-bond acceptors (Lipinski definition) is 5. The van der Waals surface area contributed by atoms with Crippen molar-refractivity contribution in [3.05, 3.63) is 12.4 Å². The van der Waals surface area contributed by atoms with Crippen LogP contribution in [0, 0.1) is 0 Å². The Morgan fingerprint density at radius 2 is 2.05 bits per heavy atom. The van der Waals surface area contributed by atoms with Crippen molar-refractivity contribution >= 4 is 11.6 Å². The van der Waals surface area contributed by atoms with Crippen molar-refractivity contribution in [1.29, 1.82) is 0 Å². The first-order valence-corrected chi connectivity index (χ1v) is 7.27. The molecule has 5 heteroatoms. The molecule has 1 heterocycles. The molecule has 0 unspecified atom stereocenters. The minimum Gasteiger partial charge on any atom is -0.382 e. The van der Waals surface area contributed by atoms with Gasteiger partial charge >= 0.3 is 0 Å². The van der Waals surface area contributed by atoms with Crippen LogP contribution in [-0.2, 0) is 0 Å². The van der Waals surface area contributed by atoms with Gasteiger partial charge in [-0.3, -0.25) is 0 Å². The molecule has 3 N–H and O–H groups in total. The average Bonchev–Trinajstić information content (AvgIpc) is 2.46. The molecule has 19 heavy (non-hydrogen) atoms. The van der Waals surface area contributed by atoms with Gasteiger partial charge in [0, 0.05) is 12.6 Å². The van der Waals surface area contributed by atoms with Gasteiger partial charge < -0.3 is 16.0 Å². The summed E-state index contributed by atoms with van der Waals surface area (Å²) >= 11 is 0. The highest BCUT2D eigenvalue weighted by atomic mass is 15.1. The lowest BCUT2D eigenvalue weighted by atomic mass is 9.94. The quantitative estimate of drug-likeness (QED) is 0.770. The van der Waals surface area contributed by atoms with E-state index in [2.05, 4.69) is 27.2 Å². The van der Waals surface area contributed by atoms with Gasteiger partial charge in [0.25, 0.3) is 0 Å². The summed E-state index contributed by atoms with van der Waals surface area (Å²) in [5.74, 6) is 1.26. The van der Waals surface area contributed by atoms with Crippen LogP contribution in [0.25, 0.3) is 0 Å². The lowest BCUT2D eigenvalue weighted by Crippen LogP contribution is -2.34. The minimum absolute atomic E-state index is 0.461. The molecule has 0 aromatic carbocycles. The molecule has 1 fully saturated rings. The molecular weight excluding hydrogens is 238 g/mol. The molecule has 1 aromatic rings. The molecule has 0 atom stereocenters. The van der Waals surface area contributed by atoms with E-state index in [1.54, 1.807) is 12.4 Å². The summed E-state index contributed by atoms with van der Waals surface area (Å²) < 4.78 is 0.